The van der Waals surface area contributed by atoms with Crippen molar-refractivity contribution in [1.82, 2.24) is 25.1 Å². The molecule has 0 bridgehead atoms. The van der Waals surface area contributed by atoms with Crippen molar-refractivity contribution in [1.29, 1.82) is 0 Å². The number of piperazine rings is 1. The van der Waals surface area contributed by atoms with Crippen molar-refractivity contribution in [3.63, 3.8) is 0 Å². The topological polar surface area (TPSA) is 108 Å². The van der Waals surface area contributed by atoms with Gasteiger partial charge in [0.2, 0.25) is 5.95 Å². The molecule has 4 amide bonds. The van der Waals surface area contributed by atoms with Crippen LogP contribution in [-0.2, 0) is 9.53 Å². The number of carbonyl (C=O) groups excluding carboxylic acids is 3. The van der Waals surface area contributed by atoms with E-state index in [1.807, 2.05) is 25.7 Å². The minimum absolute atomic E-state index is 0.226. The summed E-state index contributed by atoms with van der Waals surface area (Å²) in [5.74, 6) is 0.0456. The predicted octanol–water partition coefficient (Wildman–Crippen LogP) is 1.06. The largest absolute Gasteiger partial charge is 0.444 e. The number of amides is 4. The first-order chi connectivity index (χ1) is 13.1. The van der Waals surface area contributed by atoms with E-state index in [1.165, 1.54) is 11.9 Å². The average Bonchev–Trinajstić information content (AvgIpc) is 2.87. The molecule has 3 heterocycles. The van der Waals surface area contributed by atoms with Crippen molar-refractivity contribution in [3.05, 3.63) is 23.7 Å². The third kappa shape index (κ3) is 4.38. The number of urea groups is 1. The van der Waals surface area contributed by atoms with Gasteiger partial charge in [0.05, 0.1) is 5.69 Å². The second-order valence-corrected chi connectivity index (χ2v) is 7.58. The number of nitrogens with one attached hydrogen (secondary N) is 1. The summed E-state index contributed by atoms with van der Waals surface area (Å²) < 4.78 is 5.40. The molecule has 28 heavy (non-hydrogen) atoms. The molecular formula is C18H24N6O4. The zero-order valence-corrected chi connectivity index (χ0v) is 16.4. The Morgan fingerprint density at radius 2 is 1.89 bits per heavy atom. The molecule has 0 aliphatic carbocycles. The molecule has 2 fully saturated rings. The number of anilines is 1. The number of aromatic nitrogens is 2. The van der Waals surface area contributed by atoms with Crippen molar-refractivity contribution in [2.45, 2.75) is 26.4 Å². The minimum Gasteiger partial charge on any atom is -0.444 e. The lowest BCUT2D eigenvalue weighted by Crippen LogP contribution is -2.50. The summed E-state index contributed by atoms with van der Waals surface area (Å²) >= 11 is 0. The van der Waals surface area contributed by atoms with Crippen molar-refractivity contribution in [2.75, 3.05) is 38.1 Å². The van der Waals surface area contributed by atoms with Crippen LogP contribution in [0.4, 0.5) is 15.5 Å². The van der Waals surface area contributed by atoms with Gasteiger partial charge in [0.25, 0.3) is 5.91 Å². The van der Waals surface area contributed by atoms with E-state index in [9.17, 15) is 14.4 Å². The second-order valence-electron chi connectivity index (χ2n) is 7.58. The first-order valence-electron chi connectivity index (χ1n) is 9.01. The minimum atomic E-state index is -0.528. The Bertz CT molecular complexity index is 824. The number of hydrogen-bond acceptors (Lipinski definition) is 7. The number of ether oxygens (including phenoxy) is 1. The molecule has 2 saturated heterocycles. The Morgan fingerprint density at radius 1 is 1.21 bits per heavy atom. The maximum atomic E-state index is 12.2. The van der Waals surface area contributed by atoms with Crippen LogP contribution in [0.5, 0.6) is 0 Å². The van der Waals surface area contributed by atoms with Gasteiger partial charge in [-0.2, -0.15) is 0 Å². The molecule has 2 aliphatic heterocycles. The number of imide groups is 1. The van der Waals surface area contributed by atoms with E-state index < -0.39 is 17.5 Å². The molecule has 0 atom stereocenters. The molecule has 150 valence electrons. The van der Waals surface area contributed by atoms with Gasteiger partial charge in [0.1, 0.15) is 11.3 Å². The summed E-state index contributed by atoms with van der Waals surface area (Å²) in [6.45, 7) is 7.66. The summed E-state index contributed by atoms with van der Waals surface area (Å²) in [6.07, 6.45) is 2.82. The predicted molar refractivity (Wildman–Crippen MR) is 101 cm³/mol. The maximum absolute atomic E-state index is 12.2. The van der Waals surface area contributed by atoms with Crippen LogP contribution in [0.3, 0.4) is 0 Å². The number of hydrogen-bond donors (Lipinski definition) is 1. The normalized spacial score (nSPS) is 19.3. The van der Waals surface area contributed by atoms with Crippen molar-refractivity contribution < 1.29 is 19.1 Å². The fourth-order valence-electron chi connectivity index (χ4n) is 2.82. The zero-order valence-electron chi connectivity index (χ0n) is 16.4. The Kier molecular flexibility index (Phi) is 5.21. The Balaban J connectivity index is 1.67. The first-order valence-corrected chi connectivity index (χ1v) is 9.01. The van der Waals surface area contributed by atoms with E-state index in [1.54, 1.807) is 23.2 Å². The van der Waals surface area contributed by atoms with E-state index in [0.29, 0.717) is 37.8 Å². The Labute approximate surface area is 163 Å². The smallest absolute Gasteiger partial charge is 0.410 e. The van der Waals surface area contributed by atoms with Crippen LogP contribution < -0.4 is 10.2 Å². The van der Waals surface area contributed by atoms with Gasteiger partial charge in [-0.05, 0) is 32.9 Å². The van der Waals surface area contributed by atoms with E-state index in [2.05, 4.69) is 15.3 Å². The maximum Gasteiger partial charge on any atom is 0.410 e. The SMILES string of the molecule is CN1C(=O)NC(=O)/C1=C\c1ccnc(N2CCN(C(=O)OC(C)(C)C)CC2)n1. The van der Waals surface area contributed by atoms with Crippen molar-refractivity contribution >= 4 is 30.1 Å². The molecule has 0 unspecified atom stereocenters. The highest BCUT2D eigenvalue weighted by atomic mass is 16.6. The van der Waals surface area contributed by atoms with Gasteiger partial charge in [-0.3, -0.25) is 15.0 Å². The summed E-state index contributed by atoms with van der Waals surface area (Å²) in [7, 11) is 1.52. The van der Waals surface area contributed by atoms with Crippen molar-refractivity contribution in [2.24, 2.45) is 0 Å². The fourth-order valence-corrected chi connectivity index (χ4v) is 2.82. The number of nitrogens with zero attached hydrogens (tertiary/aromatic N) is 5. The molecule has 0 spiro atoms. The Hall–Kier alpha value is -3.17. The van der Waals surface area contributed by atoms with Gasteiger partial charge in [0.15, 0.2) is 0 Å². The molecule has 3 rings (SSSR count). The van der Waals surface area contributed by atoms with Crippen LogP contribution >= 0.6 is 0 Å². The highest BCUT2D eigenvalue weighted by Gasteiger charge is 2.30. The first kappa shape index (κ1) is 19.6. The van der Waals surface area contributed by atoms with E-state index in [-0.39, 0.29) is 11.8 Å². The number of likely N-dealkylation sites (N-methyl/N-ethyl adjacent to an activating group) is 1. The molecule has 10 heteroatoms. The lowest BCUT2D eigenvalue weighted by atomic mass is 10.2. The molecule has 0 saturated carbocycles. The van der Waals surface area contributed by atoms with Crippen molar-refractivity contribution in [3.8, 4) is 0 Å². The lowest BCUT2D eigenvalue weighted by molar-refractivity contribution is -0.115. The van der Waals surface area contributed by atoms with Gasteiger partial charge < -0.3 is 14.5 Å². The second kappa shape index (κ2) is 7.45. The average molecular weight is 388 g/mol. The molecule has 2 aliphatic rings. The molecular weight excluding hydrogens is 364 g/mol. The summed E-state index contributed by atoms with van der Waals surface area (Å²) in [6, 6.07) is 1.20. The standard InChI is InChI=1S/C18H24N6O4/c1-18(2,3)28-17(27)24-9-7-23(8-10-24)15-19-6-5-12(20-15)11-13-14(25)21-16(26)22(13)4/h5-6,11H,7-10H2,1-4H3,(H,21,25,26)/b13-11+. The van der Waals surface area contributed by atoms with Crippen LogP contribution in [0.1, 0.15) is 26.5 Å². The van der Waals surface area contributed by atoms with Gasteiger partial charge in [0, 0.05) is 39.4 Å². The highest BCUT2D eigenvalue weighted by Crippen LogP contribution is 2.17. The summed E-state index contributed by atoms with van der Waals surface area (Å²) in [4.78, 5) is 49.2. The van der Waals surface area contributed by atoms with E-state index in [0.717, 1.165) is 0 Å². The third-order valence-electron chi connectivity index (χ3n) is 4.28. The molecule has 1 N–H and O–H groups in total. The van der Waals surface area contributed by atoms with Crippen LogP contribution in [0.2, 0.25) is 0 Å². The zero-order chi connectivity index (χ0) is 20.5. The van der Waals surface area contributed by atoms with E-state index >= 15 is 0 Å². The van der Waals surface area contributed by atoms with Gasteiger partial charge in [-0.15, -0.1) is 0 Å². The molecule has 1 aromatic rings. The van der Waals surface area contributed by atoms with Crippen LogP contribution in [0.25, 0.3) is 6.08 Å². The summed E-state index contributed by atoms with van der Waals surface area (Å²) in [5, 5.41) is 2.22. The molecule has 0 radical (unpaired) electrons. The molecule has 0 aromatic carbocycles. The van der Waals surface area contributed by atoms with Gasteiger partial charge >= 0.3 is 12.1 Å². The van der Waals surface area contributed by atoms with Crippen LogP contribution in [-0.4, -0.2) is 76.6 Å². The number of rotatable bonds is 2. The van der Waals surface area contributed by atoms with Gasteiger partial charge in [-0.25, -0.2) is 19.6 Å². The Morgan fingerprint density at radius 3 is 2.46 bits per heavy atom. The van der Waals surface area contributed by atoms with E-state index in [4.69, 9.17) is 4.74 Å². The quantitative estimate of drug-likeness (QED) is 0.596. The lowest BCUT2D eigenvalue weighted by Gasteiger charge is -2.35. The van der Waals surface area contributed by atoms with Crippen LogP contribution in [0.15, 0.2) is 18.0 Å². The summed E-state index contributed by atoms with van der Waals surface area (Å²) in [5.41, 5.74) is 0.218. The van der Waals surface area contributed by atoms with Crippen LogP contribution in [0, 0.1) is 0 Å². The fraction of sp³-hybridized carbons (Fsp3) is 0.500. The monoisotopic (exact) mass is 388 g/mol. The number of carbonyl (C=O) groups is 3. The molecule has 1 aromatic heterocycles. The van der Waals surface area contributed by atoms with Gasteiger partial charge in [-0.1, -0.05) is 0 Å². The highest BCUT2D eigenvalue weighted by molar-refractivity contribution is 6.13. The third-order valence-corrected chi connectivity index (χ3v) is 4.28. The molecule has 10 nitrogen and oxygen atoms in total.